The molecule has 0 aromatic heterocycles. The number of carbonyl (C=O) groups excluding carboxylic acids is 2. The van der Waals surface area contributed by atoms with Crippen LogP contribution in [0.15, 0.2) is 0 Å². The molecule has 3 amide bonds. The zero-order chi connectivity index (χ0) is 15.3. The molecule has 0 spiro atoms. The van der Waals surface area contributed by atoms with Crippen molar-refractivity contribution in [1.82, 2.24) is 15.5 Å². The van der Waals surface area contributed by atoms with Crippen molar-refractivity contribution in [2.75, 3.05) is 25.4 Å². The number of hydrogen-bond donors (Lipinski definition) is 4. The summed E-state index contributed by atoms with van der Waals surface area (Å²) < 4.78 is 21.4. The molecule has 20 heavy (non-hydrogen) atoms. The van der Waals surface area contributed by atoms with E-state index in [0.29, 0.717) is 0 Å². The van der Waals surface area contributed by atoms with Gasteiger partial charge >= 0.3 is 12.0 Å². The molecule has 1 atom stereocenters. The molecular weight excluding hydrogens is 292 g/mol. The summed E-state index contributed by atoms with van der Waals surface area (Å²) in [4.78, 5) is 35.2. The van der Waals surface area contributed by atoms with Crippen molar-refractivity contribution >= 4 is 27.9 Å². The SMILES string of the molecule is NS(=O)(=O)CCNC(=O)N1CCNC(=O)C1CC(=O)O. The maximum absolute atomic E-state index is 11.8. The third-order valence-corrected chi connectivity index (χ3v) is 3.40. The number of primary sulfonamides is 1. The van der Waals surface area contributed by atoms with Gasteiger partial charge in [-0.25, -0.2) is 18.4 Å². The first-order chi connectivity index (χ1) is 9.20. The van der Waals surface area contributed by atoms with E-state index in [9.17, 15) is 22.8 Å². The fraction of sp³-hybridized carbons (Fsp3) is 0.667. The molecule has 0 aliphatic carbocycles. The second kappa shape index (κ2) is 6.52. The number of sulfonamides is 1. The number of hydrogen-bond acceptors (Lipinski definition) is 5. The molecule has 10 nitrogen and oxygen atoms in total. The molecule has 5 N–H and O–H groups in total. The molecule has 0 radical (unpaired) electrons. The molecule has 0 aromatic carbocycles. The smallest absolute Gasteiger partial charge is 0.318 e. The first-order valence-corrected chi connectivity index (χ1v) is 7.46. The Morgan fingerprint density at radius 1 is 1.50 bits per heavy atom. The fourth-order valence-electron chi connectivity index (χ4n) is 1.73. The standard InChI is InChI=1S/C9H16N4O6S/c10-20(18,19)4-2-12-9(17)13-3-1-11-8(16)6(13)5-7(14)15/h6H,1-5H2,(H,11,16)(H,12,17)(H,14,15)(H2,10,18,19). The van der Waals surface area contributed by atoms with Crippen LogP contribution in [0.3, 0.4) is 0 Å². The van der Waals surface area contributed by atoms with Gasteiger partial charge in [0.05, 0.1) is 12.2 Å². The first-order valence-electron chi connectivity index (χ1n) is 5.75. The highest BCUT2D eigenvalue weighted by atomic mass is 32.2. The van der Waals surface area contributed by atoms with E-state index in [-0.39, 0.29) is 19.6 Å². The lowest BCUT2D eigenvalue weighted by Crippen LogP contribution is -2.60. The third-order valence-electron chi connectivity index (χ3n) is 2.62. The van der Waals surface area contributed by atoms with Crippen LogP contribution in [-0.4, -0.2) is 67.8 Å². The molecule has 0 aromatic rings. The molecule has 1 saturated heterocycles. The van der Waals surface area contributed by atoms with Crippen LogP contribution in [0.25, 0.3) is 0 Å². The van der Waals surface area contributed by atoms with Gasteiger partial charge in [-0.3, -0.25) is 9.59 Å². The Morgan fingerprint density at radius 2 is 2.15 bits per heavy atom. The average Bonchev–Trinajstić information content (AvgIpc) is 2.29. The predicted molar refractivity (Wildman–Crippen MR) is 67.1 cm³/mol. The summed E-state index contributed by atoms with van der Waals surface area (Å²) >= 11 is 0. The summed E-state index contributed by atoms with van der Waals surface area (Å²) in [6.45, 7) is 0.137. The number of piperazine rings is 1. The van der Waals surface area contributed by atoms with E-state index in [1.807, 2.05) is 0 Å². The molecule has 11 heteroatoms. The number of urea groups is 1. The largest absolute Gasteiger partial charge is 0.481 e. The van der Waals surface area contributed by atoms with Crippen LogP contribution in [0, 0.1) is 0 Å². The summed E-state index contributed by atoms with van der Waals surface area (Å²) in [7, 11) is -3.70. The van der Waals surface area contributed by atoms with E-state index in [2.05, 4.69) is 10.6 Å². The molecule has 0 bridgehead atoms. The van der Waals surface area contributed by atoms with Gasteiger partial charge in [-0.1, -0.05) is 0 Å². The van der Waals surface area contributed by atoms with Crippen LogP contribution in [0.5, 0.6) is 0 Å². The van der Waals surface area contributed by atoms with Gasteiger partial charge in [-0.15, -0.1) is 0 Å². The van der Waals surface area contributed by atoms with Crippen molar-refractivity contribution < 1.29 is 27.9 Å². The zero-order valence-electron chi connectivity index (χ0n) is 10.5. The van der Waals surface area contributed by atoms with Gasteiger partial charge in [0.15, 0.2) is 0 Å². The molecule has 1 heterocycles. The van der Waals surface area contributed by atoms with Crippen molar-refractivity contribution in [2.45, 2.75) is 12.5 Å². The van der Waals surface area contributed by atoms with E-state index >= 15 is 0 Å². The molecule has 1 rings (SSSR count). The van der Waals surface area contributed by atoms with Crippen LogP contribution in [0.1, 0.15) is 6.42 Å². The van der Waals surface area contributed by atoms with Crippen LogP contribution in [0.4, 0.5) is 4.79 Å². The fourth-order valence-corrected chi connectivity index (χ4v) is 2.11. The number of rotatable bonds is 5. The van der Waals surface area contributed by atoms with Crippen LogP contribution in [0.2, 0.25) is 0 Å². The zero-order valence-corrected chi connectivity index (χ0v) is 11.4. The van der Waals surface area contributed by atoms with E-state index in [1.54, 1.807) is 0 Å². The van der Waals surface area contributed by atoms with Crippen molar-refractivity contribution in [1.29, 1.82) is 0 Å². The Labute approximate surface area is 115 Å². The molecule has 1 aliphatic rings. The van der Waals surface area contributed by atoms with Gasteiger partial charge < -0.3 is 20.6 Å². The highest BCUT2D eigenvalue weighted by Crippen LogP contribution is 2.09. The lowest BCUT2D eigenvalue weighted by molar-refractivity contribution is -0.142. The minimum absolute atomic E-state index is 0.144. The average molecular weight is 308 g/mol. The Kier molecular flexibility index (Phi) is 5.27. The van der Waals surface area contributed by atoms with Crippen molar-refractivity contribution in [2.24, 2.45) is 5.14 Å². The van der Waals surface area contributed by atoms with E-state index in [0.717, 1.165) is 4.90 Å². The van der Waals surface area contributed by atoms with Crippen molar-refractivity contribution in [3.05, 3.63) is 0 Å². The third kappa shape index (κ3) is 5.01. The summed E-state index contributed by atoms with van der Waals surface area (Å²) in [5.74, 6) is -2.21. The maximum atomic E-state index is 11.8. The van der Waals surface area contributed by atoms with Gasteiger partial charge in [0.2, 0.25) is 15.9 Å². The Balaban J connectivity index is 2.63. The number of carbonyl (C=O) groups is 3. The highest BCUT2D eigenvalue weighted by molar-refractivity contribution is 7.89. The van der Waals surface area contributed by atoms with Crippen molar-refractivity contribution in [3.8, 4) is 0 Å². The van der Waals surface area contributed by atoms with Crippen molar-refractivity contribution in [3.63, 3.8) is 0 Å². The van der Waals surface area contributed by atoms with Gasteiger partial charge in [0, 0.05) is 19.6 Å². The topological polar surface area (TPSA) is 159 Å². The number of carboxylic acids is 1. The van der Waals surface area contributed by atoms with Gasteiger partial charge in [0.1, 0.15) is 6.04 Å². The van der Waals surface area contributed by atoms with Gasteiger partial charge in [0.25, 0.3) is 0 Å². The predicted octanol–water partition coefficient (Wildman–Crippen LogP) is -2.74. The second-order valence-corrected chi connectivity index (χ2v) is 5.93. The molecule has 1 fully saturated rings. The molecular formula is C9H16N4O6S. The lowest BCUT2D eigenvalue weighted by atomic mass is 10.1. The Bertz CT molecular complexity index is 505. The number of nitrogens with zero attached hydrogens (tertiary/aromatic N) is 1. The summed E-state index contributed by atoms with van der Waals surface area (Å²) in [5.41, 5.74) is 0. The minimum atomic E-state index is -3.70. The Morgan fingerprint density at radius 3 is 2.70 bits per heavy atom. The number of nitrogens with two attached hydrogens (primary N) is 1. The van der Waals surface area contributed by atoms with E-state index in [4.69, 9.17) is 10.2 Å². The quantitative estimate of drug-likeness (QED) is 0.431. The first kappa shape index (κ1) is 16.2. The van der Waals surface area contributed by atoms with Crippen LogP contribution in [-0.2, 0) is 19.6 Å². The van der Waals surface area contributed by atoms with E-state index < -0.39 is 46.1 Å². The van der Waals surface area contributed by atoms with Gasteiger partial charge in [-0.05, 0) is 0 Å². The van der Waals surface area contributed by atoms with Crippen LogP contribution < -0.4 is 15.8 Å². The molecule has 0 saturated carbocycles. The summed E-state index contributed by atoms with van der Waals surface area (Å²) in [6.07, 6.45) is -0.519. The number of carboxylic acid groups (broad SMARTS) is 1. The number of nitrogens with one attached hydrogen (secondary N) is 2. The molecule has 114 valence electrons. The normalized spacial score (nSPS) is 19.4. The number of aliphatic carboxylic acids is 1. The number of amides is 3. The molecule has 1 unspecified atom stereocenters. The van der Waals surface area contributed by atoms with Gasteiger partial charge in [-0.2, -0.15) is 0 Å². The minimum Gasteiger partial charge on any atom is -0.481 e. The van der Waals surface area contributed by atoms with Crippen LogP contribution >= 0.6 is 0 Å². The second-order valence-electron chi connectivity index (χ2n) is 4.20. The molecule has 1 aliphatic heterocycles. The van der Waals surface area contributed by atoms with E-state index in [1.165, 1.54) is 0 Å². The summed E-state index contributed by atoms with van der Waals surface area (Å²) in [6, 6.07) is -1.81. The lowest BCUT2D eigenvalue weighted by Gasteiger charge is -2.34. The Hall–Kier alpha value is -1.88. The monoisotopic (exact) mass is 308 g/mol. The maximum Gasteiger partial charge on any atom is 0.318 e. The summed E-state index contributed by atoms with van der Waals surface area (Å²) in [5, 5.41) is 18.3. The highest BCUT2D eigenvalue weighted by Gasteiger charge is 2.34.